The molecule has 0 aromatic heterocycles. The summed E-state index contributed by atoms with van der Waals surface area (Å²) >= 11 is 6.73. The average molecular weight is 373 g/mol. The van der Waals surface area contributed by atoms with Gasteiger partial charge in [-0.1, -0.05) is 56.1 Å². The largest absolute Gasteiger partial charge is 0.308 e. The van der Waals surface area contributed by atoms with E-state index < -0.39 is 0 Å². The monoisotopic (exact) mass is 371 g/mol. The Bertz CT molecular complexity index is 543. The molecule has 0 amide bonds. The zero-order chi connectivity index (χ0) is 13.0. The molecule has 4 heteroatoms. The first-order valence-corrected chi connectivity index (χ1v) is 7.13. The van der Waals surface area contributed by atoms with E-state index in [1.165, 1.54) is 6.07 Å². The molecule has 0 heterocycles. The summed E-state index contributed by atoms with van der Waals surface area (Å²) in [6.45, 7) is 1.22. The predicted octanol–water partition coefficient (Wildman–Crippen LogP) is 4.64. The van der Waals surface area contributed by atoms with Crippen LogP contribution in [0.25, 0.3) is 0 Å². The summed E-state index contributed by atoms with van der Waals surface area (Å²) in [5, 5.41) is 3.23. The molecule has 0 unspecified atom stereocenters. The number of nitrogens with one attached hydrogen (secondary N) is 1. The lowest BCUT2D eigenvalue weighted by Gasteiger charge is -2.08. The Morgan fingerprint density at radius 3 is 2.39 bits per heavy atom. The van der Waals surface area contributed by atoms with E-state index in [1.54, 1.807) is 6.07 Å². The molecule has 0 radical (unpaired) electrons. The van der Waals surface area contributed by atoms with Gasteiger partial charge in [-0.05, 0) is 23.8 Å². The van der Waals surface area contributed by atoms with Gasteiger partial charge < -0.3 is 5.32 Å². The molecule has 0 spiro atoms. The zero-order valence-electron chi connectivity index (χ0n) is 9.59. The zero-order valence-corrected chi connectivity index (χ0v) is 12.8. The Kier molecular flexibility index (Phi) is 4.92. The second-order valence-electron chi connectivity index (χ2n) is 3.93. The van der Waals surface area contributed by atoms with Crippen LogP contribution < -0.4 is 5.32 Å². The predicted molar refractivity (Wildman–Crippen MR) is 78.8 cm³/mol. The van der Waals surface area contributed by atoms with E-state index in [1.807, 2.05) is 30.3 Å². The van der Waals surface area contributed by atoms with E-state index in [0.29, 0.717) is 18.7 Å². The van der Waals surface area contributed by atoms with Crippen molar-refractivity contribution in [2.24, 2.45) is 0 Å². The molecule has 2 aromatic carbocycles. The average Bonchev–Trinajstić information content (AvgIpc) is 2.34. The topological polar surface area (TPSA) is 12.0 Å². The van der Waals surface area contributed by atoms with E-state index in [0.717, 1.165) is 14.5 Å². The van der Waals surface area contributed by atoms with Crippen molar-refractivity contribution in [3.8, 4) is 0 Å². The molecule has 18 heavy (non-hydrogen) atoms. The minimum Gasteiger partial charge on any atom is -0.308 e. The van der Waals surface area contributed by atoms with Crippen molar-refractivity contribution in [1.82, 2.24) is 5.32 Å². The van der Waals surface area contributed by atoms with Gasteiger partial charge in [0, 0.05) is 27.6 Å². The highest BCUT2D eigenvalue weighted by Gasteiger charge is 2.03. The summed E-state index contributed by atoms with van der Waals surface area (Å²) in [5.74, 6) is -0.191. The molecule has 0 saturated carbocycles. The molecular formula is C14H12Br2FN. The van der Waals surface area contributed by atoms with E-state index in [9.17, 15) is 4.39 Å². The maximum absolute atomic E-state index is 13.6. The SMILES string of the molecule is Fc1cc(Br)ccc1CNCc1ccccc1Br. The van der Waals surface area contributed by atoms with Gasteiger partial charge >= 0.3 is 0 Å². The van der Waals surface area contributed by atoms with Gasteiger partial charge in [-0.15, -0.1) is 0 Å². The summed E-state index contributed by atoms with van der Waals surface area (Å²) in [6.07, 6.45) is 0. The molecule has 1 N–H and O–H groups in total. The van der Waals surface area contributed by atoms with Crippen LogP contribution in [0.4, 0.5) is 4.39 Å². The highest BCUT2D eigenvalue weighted by Crippen LogP contribution is 2.17. The minimum absolute atomic E-state index is 0.191. The summed E-state index contributed by atoms with van der Waals surface area (Å²) in [6, 6.07) is 13.1. The van der Waals surface area contributed by atoms with Crippen molar-refractivity contribution in [3.05, 3.63) is 68.4 Å². The fraction of sp³-hybridized carbons (Fsp3) is 0.143. The molecule has 0 aliphatic heterocycles. The lowest BCUT2D eigenvalue weighted by Crippen LogP contribution is -2.14. The molecule has 0 fully saturated rings. The summed E-state index contributed by atoms with van der Waals surface area (Å²) < 4.78 is 15.4. The molecule has 0 aliphatic carbocycles. The molecule has 94 valence electrons. The number of benzene rings is 2. The van der Waals surface area contributed by atoms with Gasteiger partial charge in [-0.2, -0.15) is 0 Å². The second kappa shape index (κ2) is 6.45. The van der Waals surface area contributed by atoms with Gasteiger partial charge in [0.05, 0.1) is 0 Å². The van der Waals surface area contributed by atoms with Crippen LogP contribution in [-0.4, -0.2) is 0 Å². The highest BCUT2D eigenvalue weighted by atomic mass is 79.9. The van der Waals surface area contributed by atoms with Crippen molar-refractivity contribution >= 4 is 31.9 Å². The van der Waals surface area contributed by atoms with Crippen molar-refractivity contribution in [2.45, 2.75) is 13.1 Å². The Morgan fingerprint density at radius 2 is 1.67 bits per heavy atom. The second-order valence-corrected chi connectivity index (χ2v) is 5.70. The van der Waals surface area contributed by atoms with Gasteiger partial charge in [-0.25, -0.2) is 4.39 Å². The quantitative estimate of drug-likeness (QED) is 0.824. The number of rotatable bonds is 4. The lowest BCUT2D eigenvalue weighted by atomic mass is 10.2. The fourth-order valence-electron chi connectivity index (χ4n) is 1.64. The van der Waals surface area contributed by atoms with Crippen LogP contribution in [0.15, 0.2) is 51.4 Å². The molecule has 0 aliphatic rings. The Morgan fingerprint density at radius 1 is 0.944 bits per heavy atom. The third-order valence-electron chi connectivity index (χ3n) is 2.60. The number of hydrogen-bond donors (Lipinski definition) is 1. The number of hydrogen-bond acceptors (Lipinski definition) is 1. The fourth-order valence-corrected chi connectivity index (χ4v) is 2.40. The summed E-state index contributed by atoms with van der Waals surface area (Å²) in [7, 11) is 0. The summed E-state index contributed by atoms with van der Waals surface area (Å²) in [5.41, 5.74) is 1.83. The minimum atomic E-state index is -0.191. The molecule has 1 nitrogen and oxygen atoms in total. The third kappa shape index (κ3) is 3.64. The van der Waals surface area contributed by atoms with Crippen LogP contribution in [0, 0.1) is 5.82 Å². The van der Waals surface area contributed by atoms with Gasteiger partial charge in [0.2, 0.25) is 0 Å². The highest BCUT2D eigenvalue weighted by molar-refractivity contribution is 9.10. The first-order valence-electron chi connectivity index (χ1n) is 5.55. The smallest absolute Gasteiger partial charge is 0.128 e. The van der Waals surface area contributed by atoms with Crippen molar-refractivity contribution in [2.75, 3.05) is 0 Å². The molecule has 0 bridgehead atoms. The van der Waals surface area contributed by atoms with Crippen LogP contribution in [0.3, 0.4) is 0 Å². The van der Waals surface area contributed by atoms with Crippen molar-refractivity contribution < 1.29 is 4.39 Å². The van der Waals surface area contributed by atoms with Crippen molar-refractivity contribution in [3.63, 3.8) is 0 Å². The van der Waals surface area contributed by atoms with E-state index in [2.05, 4.69) is 37.2 Å². The first-order chi connectivity index (χ1) is 8.66. The Balaban J connectivity index is 1.95. The van der Waals surface area contributed by atoms with Gasteiger partial charge in [0.15, 0.2) is 0 Å². The molecule has 0 atom stereocenters. The lowest BCUT2D eigenvalue weighted by molar-refractivity contribution is 0.587. The van der Waals surface area contributed by atoms with Crippen LogP contribution >= 0.6 is 31.9 Å². The summed E-state index contributed by atoms with van der Waals surface area (Å²) in [4.78, 5) is 0. The maximum Gasteiger partial charge on any atom is 0.128 e. The van der Waals surface area contributed by atoms with Crippen molar-refractivity contribution in [1.29, 1.82) is 0 Å². The van der Waals surface area contributed by atoms with E-state index >= 15 is 0 Å². The first kappa shape index (κ1) is 13.7. The van der Waals surface area contributed by atoms with Crippen LogP contribution in [0.2, 0.25) is 0 Å². The normalized spacial score (nSPS) is 10.6. The molecule has 2 rings (SSSR count). The van der Waals surface area contributed by atoms with Crippen LogP contribution in [0.1, 0.15) is 11.1 Å². The van der Waals surface area contributed by atoms with E-state index in [-0.39, 0.29) is 5.82 Å². The van der Waals surface area contributed by atoms with Gasteiger partial charge in [0.1, 0.15) is 5.82 Å². The molecule has 0 saturated heterocycles. The van der Waals surface area contributed by atoms with Crippen LogP contribution in [0.5, 0.6) is 0 Å². The standard InChI is InChI=1S/C14H12Br2FN/c15-12-6-5-11(14(17)7-12)9-18-8-10-3-1-2-4-13(10)16/h1-7,18H,8-9H2. The Hall–Kier alpha value is -0.710. The van der Waals surface area contributed by atoms with Crippen LogP contribution in [-0.2, 0) is 13.1 Å². The number of halogens is 3. The Labute approximate surface area is 123 Å². The molecule has 2 aromatic rings. The van der Waals surface area contributed by atoms with Gasteiger partial charge in [-0.3, -0.25) is 0 Å². The van der Waals surface area contributed by atoms with Gasteiger partial charge in [0.25, 0.3) is 0 Å². The maximum atomic E-state index is 13.6. The third-order valence-corrected chi connectivity index (χ3v) is 3.87. The molecular weight excluding hydrogens is 361 g/mol. The van der Waals surface area contributed by atoms with E-state index in [4.69, 9.17) is 0 Å².